The van der Waals surface area contributed by atoms with Crippen molar-refractivity contribution < 1.29 is 9.84 Å². The maximum atomic E-state index is 10.6. The zero-order chi connectivity index (χ0) is 12.7. The average molecular weight is 256 g/mol. The molecule has 0 amide bonds. The van der Waals surface area contributed by atoms with Gasteiger partial charge in [-0.05, 0) is 32.9 Å². The van der Waals surface area contributed by atoms with Crippen molar-refractivity contribution in [2.24, 2.45) is 0 Å². The molecule has 1 aromatic carbocycles. The van der Waals surface area contributed by atoms with E-state index in [0.29, 0.717) is 17.2 Å². The van der Waals surface area contributed by atoms with Gasteiger partial charge in [0.15, 0.2) is 0 Å². The van der Waals surface area contributed by atoms with E-state index in [-0.39, 0.29) is 11.6 Å². The highest BCUT2D eigenvalue weighted by Crippen LogP contribution is 2.33. The smallest absolute Gasteiger partial charge is 0.208 e. The van der Waals surface area contributed by atoms with Crippen LogP contribution in [0.25, 0.3) is 0 Å². The van der Waals surface area contributed by atoms with Crippen LogP contribution in [-0.2, 0) is 10.5 Å². The van der Waals surface area contributed by atoms with Gasteiger partial charge in [-0.3, -0.25) is 0 Å². The maximum absolute atomic E-state index is 10.6. The van der Waals surface area contributed by atoms with E-state index < -0.39 is 5.79 Å². The lowest BCUT2D eigenvalue weighted by molar-refractivity contribution is -0.263. The van der Waals surface area contributed by atoms with Crippen LogP contribution in [0.5, 0.6) is 0 Å². The molecule has 0 saturated carbocycles. The van der Waals surface area contributed by atoms with Crippen LogP contribution in [0.1, 0.15) is 26.3 Å². The Balaban J connectivity index is 2.31. The van der Waals surface area contributed by atoms with Gasteiger partial charge in [-0.2, -0.15) is 0 Å². The molecule has 1 aliphatic heterocycles. The summed E-state index contributed by atoms with van der Waals surface area (Å²) in [6, 6.07) is 6.94. The summed E-state index contributed by atoms with van der Waals surface area (Å²) in [4.78, 5) is 0. The summed E-state index contributed by atoms with van der Waals surface area (Å²) < 4.78 is 5.67. The minimum Gasteiger partial charge on any atom is -0.361 e. The highest BCUT2D eigenvalue weighted by molar-refractivity contribution is 6.30. The van der Waals surface area contributed by atoms with Gasteiger partial charge < -0.3 is 15.2 Å². The largest absolute Gasteiger partial charge is 0.361 e. The summed E-state index contributed by atoms with van der Waals surface area (Å²) >= 11 is 5.94. The Morgan fingerprint density at radius 2 is 2.18 bits per heavy atom. The summed E-state index contributed by atoms with van der Waals surface area (Å²) in [7, 11) is 0. The van der Waals surface area contributed by atoms with Crippen LogP contribution < -0.4 is 5.32 Å². The topological polar surface area (TPSA) is 41.5 Å². The Hall–Kier alpha value is -0.610. The first-order valence-corrected chi connectivity index (χ1v) is 6.11. The molecule has 0 bridgehead atoms. The number of rotatable bonds is 1. The predicted octanol–water partition coefficient (Wildman–Crippen LogP) is 2.27. The Kier molecular flexibility index (Phi) is 3.21. The van der Waals surface area contributed by atoms with Crippen LogP contribution in [-0.4, -0.2) is 23.3 Å². The van der Waals surface area contributed by atoms with E-state index in [9.17, 15) is 5.11 Å². The van der Waals surface area contributed by atoms with Gasteiger partial charge in [-0.15, -0.1) is 0 Å². The monoisotopic (exact) mass is 255 g/mol. The maximum Gasteiger partial charge on any atom is 0.208 e. The van der Waals surface area contributed by atoms with Crippen LogP contribution in [0, 0.1) is 0 Å². The van der Waals surface area contributed by atoms with Gasteiger partial charge in [0, 0.05) is 16.1 Å². The SMILES string of the molecule is CC1NC(C)(C)CO[C@@]1(O)c1cccc(Cl)c1. The molecule has 1 saturated heterocycles. The first-order valence-electron chi connectivity index (χ1n) is 5.74. The van der Waals surface area contributed by atoms with Gasteiger partial charge in [0.05, 0.1) is 12.6 Å². The first-order chi connectivity index (χ1) is 7.83. The van der Waals surface area contributed by atoms with Crippen molar-refractivity contribution in [1.82, 2.24) is 5.32 Å². The highest BCUT2D eigenvalue weighted by Gasteiger charge is 2.44. The van der Waals surface area contributed by atoms with Crippen molar-refractivity contribution in [3.63, 3.8) is 0 Å². The number of ether oxygens (including phenoxy) is 1. The Morgan fingerprint density at radius 3 is 2.76 bits per heavy atom. The van der Waals surface area contributed by atoms with Gasteiger partial charge in [-0.1, -0.05) is 23.7 Å². The zero-order valence-electron chi connectivity index (χ0n) is 10.3. The number of nitrogens with one attached hydrogen (secondary N) is 1. The highest BCUT2D eigenvalue weighted by atomic mass is 35.5. The molecule has 1 heterocycles. The number of hydrogen-bond donors (Lipinski definition) is 2. The molecule has 2 rings (SSSR count). The van der Waals surface area contributed by atoms with Crippen LogP contribution in [0.4, 0.5) is 0 Å². The van der Waals surface area contributed by atoms with Gasteiger partial charge in [0.1, 0.15) is 0 Å². The molecule has 0 spiro atoms. The standard InChI is InChI=1S/C13H18ClNO2/c1-9-13(16,17-8-12(2,3)15-9)10-5-4-6-11(14)7-10/h4-7,9,15-16H,8H2,1-3H3/t9?,13-/m1/s1. The summed E-state index contributed by atoms with van der Waals surface area (Å²) in [5.74, 6) is -1.32. The fourth-order valence-electron chi connectivity index (χ4n) is 2.19. The van der Waals surface area contributed by atoms with Crippen LogP contribution in [0.15, 0.2) is 24.3 Å². The number of morpholine rings is 1. The van der Waals surface area contributed by atoms with Crippen molar-refractivity contribution in [1.29, 1.82) is 0 Å². The minimum atomic E-state index is -1.32. The molecular weight excluding hydrogens is 238 g/mol. The Bertz CT molecular complexity index is 422. The van der Waals surface area contributed by atoms with Crippen molar-refractivity contribution in [2.45, 2.75) is 38.1 Å². The van der Waals surface area contributed by atoms with Gasteiger partial charge >= 0.3 is 0 Å². The molecular formula is C13H18ClNO2. The molecule has 0 radical (unpaired) electrons. The third kappa shape index (κ3) is 2.47. The Morgan fingerprint density at radius 1 is 1.47 bits per heavy atom. The van der Waals surface area contributed by atoms with E-state index in [1.54, 1.807) is 12.1 Å². The second-order valence-corrected chi connectivity index (χ2v) is 5.68. The van der Waals surface area contributed by atoms with Crippen molar-refractivity contribution in [2.75, 3.05) is 6.61 Å². The van der Waals surface area contributed by atoms with Crippen LogP contribution in [0.2, 0.25) is 5.02 Å². The van der Waals surface area contributed by atoms with Gasteiger partial charge in [0.2, 0.25) is 5.79 Å². The molecule has 1 aromatic rings. The second-order valence-electron chi connectivity index (χ2n) is 5.25. The molecule has 4 heteroatoms. The lowest BCUT2D eigenvalue weighted by Gasteiger charge is -2.46. The van der Waals surface area contributed by atoms with E-state index in [2.05, 4.69) is 5.32 Å². The normalized spacial score (nSPS) is 32.4. The number of hydrogen-bond acceptors (Lipinski definition) is 3. The van der Waals surface area contributed by atoms with E-state index >= 15 is 0 Å². The summed E-state index contributed by atoms with van der Waals surface area (Å²) in [5, 5.41) is 14.6. The molecule has 0 aliphatic carbocycles. The lowest BCUT2D eigenvalue weighted by Crippen LogP contribution is -2.63. The summed E-state index contributed by atoms with van der Waals surface area (Å²) in [6.45, 7) is 6.43. The number of benzene rings is 1. The average Bonchev–Trinajstić information content (AvgIpc) is 2.24. The van der Waals surface area contributed by atoms with E-state index in [1.165, 1.54) is 0 Å². The number of aliphatic hydroxyl groups is 1. The second kappa shape index (κ2) is 4.25. The van der Waals surface area contributed by atoms with E-state index in [0.717, 1.165) is 0 Å². The summed E-state index contributed by atoms with van der Waals surface area (Å²) in [6.07, 6.45) is 0. The van der Waals surface area contributed by atoms with Gasteiger partial charge in [0.25, 0.3) is 0 Å². The number of halogens is 1. The predicted molar refractivity (Wildman–Crippen MR) is 68.0 cm³/mol. The molecule has 2 N–H and O–H groups in total. The zero-order valence-corrected chi connectivity index (χ0v) is 11.1. The lowest BCUT2D eigenvalue weighted by atomic mass is 9.93. The van der Waals surface area contributed by atoms with Crippen molar-refractivity contribution >= 4 is 11.6 Å². The molecule has 94 valence electrons. The first kappa shape index (κ1) is 12.8. The fraction of sp³-hybridized carbons (Fsp3) is 0.538. The molecule has 1 unspecified atom stereocenters. The minimum absolute atomic E-state index is 0.135. The third-order valence-corrected chi connectivity index (χ3v) is 3.32. The van der Waals surface area contributed by atoms with Crippen molar-refractivity contribution in [3.8, 4) is 0 Å². The molecule has 2 atom stereocenters. The molecule has 0 aromatic heterocycles. The van der Waals surface area contributed by atoms with Crippen LogP contribution in [0.3, 0.4) is 0 Å². The van der Waals surface area contributed by atoms with E-state index in [1.807, 2.05) is 32.9 Å². The van der Waals surface area contributed by atoms with Crippen molar-refractivity contribution in [3.05, 3.63) is 34.9 Å². The summed E-state index contributed by atoms with van der Waals surface area (Å²) in [5.41, 5.74) is 0.546. The van der Waals surface area contributed by atoms with E-state index in [4.69, 9.17) is 16.3 Å². The molecule has 17 heavy (non-hydrogen) atoms. The molecule has 1 aliphatic rings. The van der Waals surface area contributed by atoms with Crippen LogP contribution >= 0.6 is 11.6 Å². The Labute approximate surface area is 107 Å². The quantitative estimate of drug-likeness (QED) is 0.809. The molecule has 3 nitrogen and oxygen atoms in total. The third-order valence-electron chi connectivity index (χ3n) is 3.09. The van der Waals surface area contributed by atoms with Gasteiger partial charge in [-0.25, -0.2) is 0 Å². The fourth-order valence-corrected chi connectivity index (χ4v) is 2.38. The molecule has 1 fully saturated rings.